The summed E-state index contributed by atoms with van der Waals surface area (Å²) in [6, 6.07) is 0.0265. The van der Waals surface area contributed by atoms with Gasteiger partial charge in [0.25, 0.3) is 0 Å². The van der Waals surface area contributed by atoms with Gasteiger partial charge in [0, 0.05) is 33.7 Å². The Labute approximate surface area is 84.8 Å². The second kappa shape index (κ2) is 4.61. The maximum Gasteiger partial charge on any atom is 0.319 e. The van der Waals surface area contributed by atoms with Crippen LogP contribution >= 0.6 is 0 Å². The molecular formula is C9H19N3O2. The van der Waals surface area contributed by atoms with Crippen LogP contribution in [-0.4, -0.2) is 61.8 Å². The fourth-order valence-corrected chi connectivity index (χ4v) is 1.61. The molecule has 1 fully saturated rings. The molecule has 14 heavy (non-hydrogen) atoms. The standard InChI is InChI=1S/C9H19N3O2/c1-7-5-12(9(13)11(2)3)6-8(4-10)14-7/h7-8H,4-6,10H2,1-3H3. The molecule has 1 aliphatic rings. The molecule has 0 aromatic heterocycles. The third-order valence-corrected chi connectivity index (χ3v) is 2.24. The van der Waals surface area contributed by atoms with Crippen LogP contribution in [-0.2, 0) is 4.74 Å². The molecule has 0 aliphatic carbocycles. The van der Waals surface area contributed by atoms with Crippen LogP contribution in [0, 0.1) is 0 Å². The molecule has 1 saturated heterocycles. The number of urea groups is 1. The number of hydrogen-bond donors (Lipinski definition) is 1. The van der Waals surface area contributed by atoms with Crippen molar-refractivity contribution in [1.29, 1.82) is 0 Å². The van der Waals surface area contributed by atoms with Crippen LogP contribution in [0.4, 0.5) is 4.79 Å². The van der Waals surface area contributed by atoms with Crippen molar-refractivity contribution in [3.63, 3.8) is 0 Å². The molecule has 2 atom stereocenters. The van der Waals surface area contributed by atoms with E-state index in [9.17, 15) is 4.79 Å². The van der Waals surface area contributed by atoms with Crippen molar-refractivity contribution in [3.8, 4) is 0 Å². The van der Waals surface area contributed by atoms with Gasteiger partial charge in [-0.25, -0.2) is 4.79 Å². The van der Waals surface area contributed by atoms with Crippen LogP contribution in [0.1, 0.15) is 6.92 Å². The van der Waals surface area contributed by atoms with Crippen molar-refractivity contribution < 1.29 is 9.53 Å². The lowest BCUT2D eigenvalue weighted by atomic mass is 10.2. The molecule has 1 aliphatic heterocycles. The Balaban J connectivity index is 2.57. The van der Waals surface area contributed by atoms with E-state index in [1.807, 2.05) is 6.92 Å². The molecule has 2 N–H and O–H groups in total. The minimum absolute atomic E-state index is 0.0253. The topological polar surface area (TPSA) is 58.8 Å². The summed E-state index contributed by atoms with van der Waals surface area (Å²) in [7, 11) is 3.50. The highest BCUT2D eigenvalue weighted by Gasteiger charge is 2.28. The van der Waals surface area contributed by atoms with E-state index in [-0.39, 0.29) is 18.2 Å². The number of amides is 2. The SMILES string of the molecule is CC1CN(C(=O)N(C)C)CC(CN)O1. The first-order valence-electron chi connectivity index (χ1n) is 4.86. The highest BCUT2D eigenvalue weighted by atomic mass is 16.5. The molecule has 0 saturated carbocycles. The van der Waals surface area contributed by atoms with Gasteiger partial charge in [-0.1, -0.05) is 0 Å². The number of nitrogens with two attached hydrogens (primary N) is 1. The number of ether oxygens (including phenoxy) is 1. The monoisotopic (exact) mass is 201 g/mol. The van der Waals surface area contributed by atoms with Crippen molar-refractivity contribution in [2.24, 2.45) is 5.73 Å². The number of carbonyl (C=O) groups excluding carboxylic acids is 1. The Hall–Kier alpha value is -0.810. The van der Waals surface area contributed by atoms with E-state index in [2.05, 4.69) is 0 Å². The highest BCUT2D eigenvalue weighted by Crippen LogP contribution is 2.11. The minimum Gasteiger partial charge on any atom is -0.370 e. The molecular weight excluding hydrogens is 182 g/mol. The average molecular weight is 201 g/mol. The quantitative estimate of drug-likeness (QED) is 0.634. The fourth-order valence-electron chi connectivity index (χ4n) is 1.61. The first-order valence-corrected chi connectivity index (χ1v) is 4.86. The first-order chi connectivity index (χ1) is 6.54. The molecule has 2 amide bonds. The highest BCUT2D eigenvalue weighted by molar-refractivity contribution is 5.74. The van der Waals surface area contributed by atoms with Crippen LogP contribution in [0.25, 0.3) is 0 Å². The summed E-state index contributed by atoms with van der Waals surface area (Å²) in [6.45, 7) is 3.66. The molecule has 0 radical (unpaired) electrons. The van der Waals surface area contributed by atoms with Crippen molar-refractivity contribution in [2.45, 2.75) is 19.1 Å². The molecule has 0 aromatic carbocycles. The van der Waals surface area contributed by atoms with Gasteiger partial charge in [0.2, 0.25) is 0 Å². The summed E-state index contributed by atoms with van der Waals surface area (Å²) in [5.74, 6) is 0. The van der Waals surface area contributed by atoms with Crippen molar-refractivity contribution >= 4 is 6.03 Å². The lowest BCUT2D eigenvalue weighted by Crippen LogP contribution is -2.53. The van der Waals surface area contributed by atoms with E-state index in [0.717, 1.165) is 0 Å². The van der Waals surface area contributed by atoms with Crippen LogP contribution in [0.5, 0.6) is 0 Å². The number of rotatable bonds is 1. The Morgan fingerprint density at radius 1 is 1.57 bits per heavy atom. The van der Waals surface area contributed by atoms with Crippen LogP contribution in [0.2, 0.25) is 0 Å². The number of hydrogen-bond acceptors (Lipinski definition) is 3. The van der Waals surface area contributed by atoms with Crippen LogP contribution in [0.3, 0.4) is 0 Å². The lowest BCUT2D eigenvalue weighted by molar-refractivity contribution is -0.0612. The Kier molecular flexibility index (Phi) is 3.71. The summed E-state index contributed by atoms with van der Waals surface area (Å²) in [5.41, 5.74) is 5.53. The Morgan fingerprint density at radius 2 is 2.21 bits per heavy atom. The zero-order valence-corrected chi connectivity index (χ0v) is 9.06. The van der Waals surface area contributed by atoms with Crippen molar-refractivity contribution in [3.05, 3.63) is 0 Å². The molecule has 0 bridgehead atoms. The smallest absolute Gasteiger partial charge is 0.319 e. The Morgan fingerprint density at radius 3 is 2.71 bits per heavy atom. The summed E-state index contributed by atoms with van der Waals surface area (Å²) in [5, 5.41) is 0. The van der Waals surface area contributed by atoms with E-state index in [4.69, 9.17) is 10.5 Å². The van der Waals surface area contributed by atoms with Gasteiger partial charge in [0.05, 0.1) is 12.2 Å². The summed E-state index contributed by atoms with van der Waals surface area (Å²) < 4.78 is 5.56. The molecule has 82 valence electrons. The number of morpholine rings is 1. The van der Waals surface area contributed by atoms with E-state index in [1.54, 1.807) is 23.9 Å². The van der Waals surface area contributed by atoms with E-state index in [0.29, 0.717) is 19.6 Å². The normalized spacial score (nSPS) is 27.6. The maximum atomic E-state index is 11.7. The summed E-state index contributed by atoms with van der Waals surface area (Å²) >= 11 is 0. The second-order valence-electron chi connectivity index (χ2n) is 3.89. The Bertz CT molecular complexity index is 208. The zero-order valence-electron chi connectivity index (χ0n) is 9.06. The predicted octanol–water partition coefficient (Wildman–Crippen LogP) is -0.284. The van der Waals surface area contributed by atoms with E-state index in [1.165, 1.54) is 0 Å². The third kappa shape index (κ3) is 2.59. The van der Waals surface area contributed by atoms with Crippen molar-refractivity contribution in [2.75, 3.05) is 33.7 Å². The van der Waals surface area contributed by atoms with E-state index >= 15 is 0 Å². The first kappa shape index (κ1) is 11.3. The van der Waals surface area contributed by atoms with Crippen molar-refractivity contribution in [1.82, 2.24) is 9.80 Å². The molecule has 0 spiro atoms. The third-order valence-electron chi connectivity index (χ3n) is 2.24. The molecule has 5 heteroatoms. The van der Waals surface area contributed by atoms with Gasteiger partial charge in [-0.3, -0.25) is 0 Å². The molecule has 2 unspecified atom stereocenters. The predicted molar refractivity (Wildman–Crippen MR) is 54.0 cm³/mol. The molecule has 0 aromatic rings. The summed E-state index contributed by atoms with van der Waals surface area (Å²) in [6.07, 6.45) is 0.0452. The lowest BCUT2D eigenvalue weighted by Gasteiger charge is -2.37. The van der Waals surface area contributed by atoms with Gasteiger partial charge in [0.1, 0.15) is 0 Å². The fraction of sp³-hybridized carbons (Fsp3) is 0.889. The zero-order chi connectivity index (χ0) is 10.7. The molecule has 1 rings (SSSR count). The largest absolute Gasteiger partial charge is 0.370 e. The van der Waals surface area contributed by atoms with Gasteiger partial charge >= 0.3 is 6.03 Å². The van der Waals surface area contributed by atoms with Gasteiger partial charge < -0.3 is 20.3 Å². The molecule has 1 heterocycles. The van der Waals surface area contributed by atoms with Gasteiger partial charge in [-0.2, -0.15) is 0 Å². The average Bonchev–Trinajstić information content (AvgIpc) is 2.15. The van der Waals surface area contributed by atoms with Gasteiger partial charge in [-0.05, 0) is 6.92 Å². The van der Waals surface area contributed by atoms with E-state index < -0.39 is 0 Å². The number of nitrogens with zero attached hydrogens (tertiary/aromatic N) is 2. The van der Waals surface area contributed by atoms with Crippen LogP contribution < -0.4 is 5.73 Å². The minimum atomic E-state index is -0.0253. The summed E-state index contributed by atoms with van der Waals surface area (Å²) in [4.78, 5) is 15.0. The molecule has 5 nitrogen and oxygen atoms in total. The second-order valence-corrected chi connectivity index (χ2v) is 3.89. The maximum absolute atomic E-state index is 11.7. The van der Waals surface area contributed by atoms with Crippen LogP contribution in [0.15, 0.2) is 0 Å². The number of carbonyl (C=O) groups is 1. The van der Waals surface area contributed by atoms with Gasteiger partial charge in [0.15, 0.2) is 0 Å². The van der Waals surface area contributed by atoms with Gasteiger partial charge in [-0.15, -0.1) is 0 Å².